The molecule has 12 heteroatoms. The van der Waals surface area contributed by atoms with Crippen LogP contribution in [0, 0.1) is 0 Å². The molecule has 1 aliphatic rings. The third kappa shape index (κ3) is 3.90. The lowest BCUT2D eigenvalue weighted by atomic mass is 9.99. The van der Waals surface area contributed by atoms with Crippen LogP contribution in [-0.4, -0.2) is 84.1 Å². The van der Waals surface area contributed by atoms with Crippen molar-refractivity contribution < 1.29 is 59.5 Å². The van der Waals surface area contributed by atoms with Gasteiger partial charge in [0.1, 0.15) is 52.8 Å². The van der Waals surface area contributed by atoms with Crippen molar-refractivity contribution in [3.8, 4) is 34.3 Å². The van der Waals surface area contributed by atoms with Crippen molar-refractivity contribution in [2.45, 2.75) is 30.7 Å². The van der Waals surface area contributed by atoms with Gasteiger partial charge in [0.25, 0.3) is 0 Å². The summed E-state index contributed by atoms with van der Waals surface area (Å²) in [6.45, 7) is -0.744. The van der Waals surface area contributed by atoms with E-state index in [-0.39, 0.29) is 33.6 Å². The zero-order valence-corrected chi connectivity index (χ0v) is 16.7. The lowest BCUT2D eigenvalue weighted by Gasteiger charge is -2.39. The van der Waals surface area contributed by atoms with Crippen molar-refractivity contribution >= 4 is 16.9 Å². The Kier molecular flexibility index (Phi) is 5.78. The van der Waals surface area contributed by atoms with Crippen LogP contribution in [0.4, 0.5) is 0 Å². The van der Waals surface area contributed by atoms with Gasteiger partial charge >= 0.3 is 5.97 Å². The van der Waals surface area contributed by atoms with E-state index in [1.54, 1.807) is 0 Å². The summed E-state index contributed by atoms with van der Waals surface area (Å²) in [6.07, 6.45) is -8.48. The number of aliphatic hydroxyl groups excluding tert-OH is 4. The van der Waals surface area contributed by atoms with Crippen molar-refractivity contribution in [2.24, 2.45) is 0 Å². The molecule has 1 aliphatic heterocycles. The van der Waals surface area contributed by atoms with Gasteiger partial charge in [-0.1, -0.05) is 0 Å². The monoisotopic (exact) mass is 464 g/mol. The van der Waals surface area contributed by atoms with E-state index in [9.17, 15) is 45.6 Å². The van der Waals surface area contributed by atoms with Crippen molar-refractivity contribution in [3.05, 3.63) is 35.9 Å². The summed E-state index contributed by atoms with van der Waals surface area (Å²) in [6, 6.07) is 5.56. The molecule has 1 fully saturated rings. The fourth-order valence-corrected chi connectivity index (χ4v) is 3.58. The maximum Gasteiger partial charge on any atom is 0.345 e. The van der Waals surface area contributed by atoms with Gasteiger partial charge in [0, 0.05) is 17.7 Å². The maximum atomic E-state index is 13.1. The van der Waals surface area contributed by atoms with Crippen LogP contribution < -0.4 is 0 Å². The summed E-state index contributed by atoms with van der Waals surface area (Å²) < 4.78 is 16.0. The zero-order chi connectivity index (χ0) is 24.0. The van der Waals surface area contributed by atoms with Gasteiger partial charge in [-0.25, -0.2) is 4.79 Å². The number of hydrogen-bond donors (Lipinski definition) is 8. The van der Waals surface area contributed by atoms with Crippen LogP contribution in [0.1, 0.15) is 10.4 Å². The Morgan fingerprint density at radius 3 is 2.30 bits per heavy atom. The number of carbonyl (C=O) groups excluding carboxylic acids is 1. The van der Waals surface area contributed by atoms with E-state index in [0.717, 1.165) is 24.3 Å². The van der Waals surface area contributed by atoms with E-state index in [4.69, 9.17) is 13.9 Å². The fraction of sp³-hybridized carbons (Fsp3) is 0.286. The van der Waals surface area contributed by atoms with Gasteiger partial charge in [0.05, 0.1) is 12.0 Å². The lowest BCUT2D eigenvalue weighted by molar-refractivity contribution is -0.285. The zero-order valence-electron chi connectivity index (χ0n) is 16.7. The summed E-state index contributed by atoms with van der Waals surface area (Å²) in [5, 5.41) is 78.7. The number of esters is 1. The van der Waals surface area contributed by atoms with Crippen LogP contribution in [0.3, 0.4) is 0 Å². The fourth-order valence-electron chi connectivity index (χ4n) is 3.58. The number of phenolic OH excluding ortho intramolecular Hbond substituents is 4. The lowest BCUT2D eigenvalue weighted by Crippen LogP contribution is -2.59. The van der Waals surface area contributed by atoms with E-state index in [0.29, 0.717) is 0 Å². The minimum Gasteiger partial charge on any atom is -0.508 e. The summed E-state index contributed by atoms with van der Waals surface area (Å²) in [5.41, 5.74) is -0.429. The molecule has 33 heavy (non-hydrogen) atoms. The third-order valence-corrected chi connectivity index (χ3v) is 5.27. The predicted octanol–water partition coefficient (Wildman–Crippen LogP) is -0.121. The second-order valence-electron chi connectivity index (χ2n) is 7.45. The first-order chi connectivity index (χ1) is 15.6. The molecule has 0 saturated carbocycles. The number of ether oxygens (including phenoxy) is 2. The maximum absolute atomic E-state index is 13.1. The van der Waals surface area contributed by atoms with Crippen LogP contribution >= 0.6 is 0 Å². The first-order valence-electron chi connectivity index (χ1n) is 9.64. The van der Waals surface area contributed by atoms with Gasteiger partial charge in [-0.05, 0) is 18.2 Å². The molecule has 8 N–H and O–H groups in total. The summed E-state index contributed by atoms with van der Waals surface area (Å²) in [7, 11) is 0. The highest BCUT2D eigenvalue weighted by molar-refractivity contribution is 6.11. The molecule has 2 aromatic carbocycles. The van der Waals surface area contributed by atoms with Gasteiger partial charge in [-0.3, -0.25) is 0 Å². The molecule has 12 nitrogen and oxygen atoms in total. The molecule has 3 aromatic rings. The molecule has 5 unspecified atom stereocenters. The molecule has 176 valence electrons. The van der Waals surface area contributed by atoms with E-state index in [1.807, 2.05) is 0 Å². The van der Waals surface area contributed by atoms with Gasteiger partial charge in [0.2, 0.25) is 6.29 Å². The number of aliphatic hydroxyl groups is 4. The Hall–Kier alpha value is -3.55. The molecule has 1 saturated heterocycles. The highest BCUT2D eigenvalue weighted by Crippen LogP contribution is 2.42. The number of benzene rings is 2. The smallest absolute Gasteiger partial charge is 0.345 e. The number of hydrogen-bond acceptors (Lipinski definition) is 12. The van der Waals surface area contributed by atoms with Crippen LogP contribution in [-0.2, 0) is 9.47 Å². The summed E-state index contributed by atoms with van der Waals surface area (Å²) in [5.74, 6) is -3.34. The third-order valence-electron chi connectivity index (χ3n) is 5.27. The van der Waals surface area contributed by atoms with E-state index in [1.165, 1.54) is 6.07 Å². The Morgan fingerprint density at radius 1 is 0.909 bits per heavy atom. The SMILES string of the molecule is O=C(OC1OC(CO)C(O)C(O)C1O)c1c(-c2ccc(O)c(O)c2)oc2cc(O)cc(O)c12. The molecular formula is C21H20O12. The molecule has 5 atom stereocenters. The molecular weight excluding hydrogens is 444 g/mol. The molecule has 1 aromatic heterocycles. The molecule has 0 amide bonds. The molecule has 0 bridgehead atoms. The first-order valence-corrected chi connectivity index (χ1v) is 9.64. The Morgan fingerprint density at radius 2 is 1.64 bits per heavy atom. The van der Waals surface area contributed by atoms with Gasteiger partial charge in [-0.2, -0.15) is 0 Å². The van der Waals surface area contributed by atoms with Gasteiger partial charge in [0.15, 0.2) is 11.5 Å². The number of furan rings is 1. The number of aromatic hydroxyl groups is 4. The largest absolute Gasteiger partial charge is 0.508 e. The molecule has 0 radical (unpaired) electrons. The van der Waals surface area contributed by atoms with Crippen molar-refractivity contribution in [1.82, 2.24) is 0 Å². The van der Waals surface area contributed by atoms with Gasteiger partial charge in [-0.15, -0.1) is 0 Å². The Balaban J connectivity index is 1.80. The topological polar surface area (TPSA) is 211 Å². The number of phenols is 4. The molecule has 2 heterocycles. The molecule has 4 rings (SSSR count). The van der Waals surface area contributed by atoms with E-state index in [2.05, 4.69) is 0 Å². The average molecular weight is 464 g/mol. The number of carbonyl (C=O) groups is 1. The second-order valence-corrected chi connectivity index (χ2v) is 7.45. The Bertz CT molecular complexity index is 1200. The number of rotatable bonds is 4. The van der Waals surface area contributed by atoms with Crippen LogP contribution in [0.25, 0.3) is 22.3 Å². The second kappa shape index (κ2) is 8.42. The highest BCUT2D eigenvalue weighted by Gasteiger charge is 2.46. The van der Waals surface area contributed by atoms with Crippen molar-refractivity contribution in [2.75, 3.05) is 6.61 Å². The minimum atomic E-state index is -1.87. The van der Waals surface area contributed by atoms with Gasteiger partial charge < -0.3 is 54.7 Å². The highest BCUT2D eigenvalue weighted by atomic mass is 16.7. The van der Waals surface area contributed by atoms with Crippen LogP contribution in [0.5, 0.6) is 23.0 Å². The molecule has 0 aliphatic carbocycles. The normalized spacial score (nSPS) is 25.3. The molecule has 0 spiro atoms. The average Bonchev–Trinajstić information content (AvgIpc) is 3.15. The van der Waals surface area contributed by atoms with Crippen LogP contribution in [0.15, 0.2) is 34.7 Å². The quantitative estimate of drug-likeness (QED) is 0.188. The minimum absolute atomic E-state index is 0.0844. The van der Waals surface area contributed by atoms with Crippen molar-refractivity contribution in [3.63, 3.8) is 0 Å². The first kappa shape index (κ1) is 22.6. The summed E-state index contributed by atoms with van der Waals surface area (Å²) >= 11 is 0. The van der Waals surface area contributed by atoms with Crippen molar-refractivity contribution in [1.29, 1.82) is 0 Å². The summed E-state index contributed by atoms with van der Waals surface area (Å²) in [4.78, 5) is 13.1. The predicted molar refractivity (Wildman–Crippen MR) is 107 cm³/mol. The Labute approximate surface area is 184 Å². The van der Waals surface area contributed by atoms with E-state index < -0.39 is 60.5 Å². The van der Waals surface area contributed by atoms with Crippen LogP contribution in [0.2, 0.25) is 0 Å². The number of fused-ring (bicyclic) bond motifs is 1. The van der Waals surface area contributed by atoms with E-state index >= 15 is 0 Å². The standard InChI is InChI=1S/C21H20O12/c22-6-13-16(27)17(28)18(29)21(32-13)33-20(30)15-14-11(26)4-8(23)5-12(14)31-19(15)7-1-2-9(24)10(25)3-7/h1-5,13,16-18,21-29H,6H2.